The molecular formula is C23H28ClN3O4. The van der Waals surface area contributed by atoms with Gasteiger partial charge >= 0.3 is 5.63 Å². The van der Waals surface area contributed by atoms with Crippen LogP contribution in [-0.2, 0) is 4.79 Å². The van der Waals surface area contributed by atoms with Crippen LogP contribution in [0.25, 0.3) is 0 Å². The Morgan fingerprint density at radius 2 is 1.87 bits per heavy atom. The van der Waals surface area contributed by atoms with Crippen molar-refractivity contribution in [1.82, 2.24) is 5.32 Å². The summed E-state index contributed by atoms with van der Waals surface area (Å²) in [5, 5.41) is 6.13. The van der Waals surface area contributed by atoms with E-state index in [4.69, 9.17) is 4.42 Å². The van der Waals surface area contributed by atoms with Crippen molar-refractivity contribution in [2.24, 2.45) is 0 Å². The third-order valence-corrected chi connectivity index (χ3v) is 5.99. The summed E-state index contributed by atoms with van der Waals surface area (Å²) >= 11 is 0. The van der Waals surface area contributed by atoms with Crippen LogP contribution < -0.4 is 21.2 Å². The molecule has 0 aliphatic carbocycles. The number of nitrogens with zero attached hydrogens (tertiary/aromatic N) is 1. The average Bonchev–Trinajstić information content (AvgIpc) is 3.15. The van der Waals surface area contributed by atoms with Crippen molar-refractivity contribution in [2.75, 3.05) is 29.9 Å². The molecule has 2 N–H and O–H groups in total. The molecule has 0 atom stereocenters. The monoisotopic (exact) mass is 445 g/mol. The molecule has 31 heavy (non-hydrogen) atoms. The zero-order valence-electron chi connectivity index (χ0n) is 17.8. The van der Waals surface area contributed by atoms with Gasteiger partial charge in [0.1, 0.15) is 11.3 Å². The quantitative estimate of drug-likeness (QED) is 0.751. The number of aryl methyl sites for hydroxylation is 2. The highest BCUT2D eigenvalue weighted by Gasteiger charge is 2.24. The van der Waals surface area contributed by atoms with Gasteiger partial charge in [0.15, 0.2) is 0 Å². The Labute approximate surface area is 187 Å². The number of nitrogens with one attached hydrogen (secondary N) is 2. The standard InChI is InChI=1S/C23H27N3O4.ClH/c1-14-5-6-17(26-11-3-4-20(26)27)13-18(14)25-22(28)21-15(2)12-19(30-23(21)29)16-7-9-24-10-8-16;/h5-6,12-13,16,24H,3-4,7-11H2,1-2H3,(H,25,28);1H. The summed E-state index contributed by atoms with van der Waals surface area (Å²) in [7, 11) is 0. The minimum Gasteiger partial charge on any atom is -0.427 e. The SMILES string of the molecule is Cc1ccc(N2CCCC2=O)cc1NC(=O)c1c(C)cc(C2CCNCC2)oc1=O.Cl. The van der Waals surface area contributed by atoms with Gasteiger partial charge in [-0.2, -0.15) is 0 Å². The Kier molecular flexibility index (Phi) is 7.18. The number of hydrogen-bond acceptors (Lipinski definition) is 5. The van der Waals surface area contributed by atoms with Gasteiger partial charge in [-0.05, 0) is 75.5 Å². The molecule has 1 aromatic carbocycles. The molecule has 7 nitrogen and oxygen atoms in total. The van der Waals surface area contributed by atoms with E-state index in [0.717, 1.165) is 43.6 Å². The lowest BCUT2D eigenvalue weighted by molar-refractivity contribution is -0.117. The van der Waals surface area contributed by atoms with Crippen molar-refractivity contribution in [3.05, 3.63) is 57.1 Å². The van der Waals surface area contributed by atoms with E-state index in [1.807, 2.05) is 25.1 Å². The molecule has 2 fully saturated rings. The second-order valence-electron chi connectivity index (χ2n) is 8.12. The van der Waals surface area contributed by atoms with Crippen LogP contribution in [0.15, 0.2) is 33.5 Å². The molecule has 2 aliphatic rings. The fourth-order valence-corrected chi connectivity index (χ4v) is 4.23. The highest BCUT2D eigenvalue weighted by atomic mass is 35.5. The van der Waals surface area contributed by atoms with Crippen molar-refractivity contribution in [3.8, 4) is 0 Å². The molecule has 0 saturated carbocycles. The van der Waals surface area contributed by atoms with Crippen molar-refractivity contribution >= 4 is 35.6 Å². The average molecular weight is 446 g/mol. The van der Waals surface area contributed by atoms with Gasteiger partial charge < -0.3 is 20.0 Å². The Bertz CT molecular complexity index is 1040. The van der Waals surface area contributed by atoms with Crippen LogP contribution in [0.2, 0.25) is 0 Å². The Hall–Kier alpha value is -2.64. The van der Waals surface area contributed by atoms with Crippen LogP contribution >= 0.6 is 12.4 Å². The maximum Gasteiger partial charge on any atom is 0.349 e. The predicted octanol–water partition coefficient (Wildman–Crippen LogP) is 3.52. The summed E-state index contributed by atoms with van der Waals surface area (Å²) in [5.41, 5.74) is 2.22. The normalized spacial score (nSPS) is 16.8. The zero-order valence-corrected chi connectivity index (χ0v) is 18.6. The Morgan fingerprint density at radius 1 is 1.13 bits per heavy atom. The molecule has 4 rings (SSSR count). The number of benzene rings is 1. The van der Waals surface area contributed by atoms with Crippen LogP contribution in [0.4, 0.5) is 11.4 Å². The van der Waals surface area contributed by atoms with E-state index >= 15 is 0 Å². The summed E-state index contributed by atoms with van der Waals surface area (Å²) in [6, 6.07) is 7.35. The van der Waals surface area contributed by atoms with Gasteiger partial charge in [0, 0.05) is 30.3 Å². The highest BCUT2D eigenvalue weighted by Crippen LogP contribution is 2.28. The van der Waals surface area contributed by atoms with Gasteiger partial charge in [-0.1, -0.05) is 6.07 Å². The lowest BCUT2D eigenvalue weighted by atomic mass is 9.94. The number of halogens is 1. The molecule has 166 valence electrons. The summed E-state index contributed by atoms with van der Waals surface area (Å²) in [6.45, 7) is 6.11. The van der Waals surface area contributed by atoms with Gasteiger partial charge in [0.05, 0.1) is 0 Å². The lowest BCUT2D eigenvalue weighted by Crippen LogP contribution is -2.28. The molecule has 0 spiro atoms. The molecular weight excluding hydrogens is 418 g/mol. The maximum absolute atomic E-state index is 12.9. The van der Waals surface area contributed by atoms with Gasteiger partial charge in [-0.3, -0.25) is 9.59 Å². The van der Waals surface area contributed by atoms with E-state index in [9.17, 15) is 14.4 Å². The molecule has 2 saturated heterocycles. The Balaban J connectivity index is 0.00000272. The lowest BCUT2D eigenvalue weighted by Gasteiger charge is -2.22. The molecule has 8 heteroatoms. The zero-order chi connectivity index (χ0) is 21.3. The number of carbonyl (C=O) groups is 2. The van der Waals surface area contributed by atoms with Crippen LogP contribution in [0.1, 0.15) is 58.8 Å². The molecule has 0 unspecified atom stereocenters. The summed E-state index contributed by atoms with van der Waals surface area (Å²) in [5.74, 6) is 0.445. The summed E-state index contributed by atoms with van der Waals surface area (Å²) < 4.78 is 5.54. The first kappa shape index (κ1) is 23.0. The van der Waals surface area contributed by atoms with Crippen molar-refractivity contribution in [1.29, 1.82) is 0 Å². The van der Waals surface area contributed by atoms with Crippen LogP contribution in [-0.4, -0.2) is 31.4 Å². The van der Waals surface area contributed by atoms with Gasteiger partial charge in [0.2, 0.25) is 5.91 Å². The third kappa shape index (κ3) is 4.83. The van der Waals surface area contributed by atoms with E-state index < -0.39 is 11.5 Å². The van der Waals surface area contributed by atoms with E-state index in [1.54, 1.807) is 17.9 Å². The summed E-state index contributed by atoms with van der Waals surface area (Å²) in [6.07, 6.45) is 3.20. The number of hydrogen-bond donors (Lipinski definition) is 2. The van der Waals surface area contributed by atoms with Crippen LogP contribution in [0, 0.1) is 13.8 Å². The molecule has 0 radical (unpaired) electrons. The van der Waals surface area contributed by atoms with E-state index in [0.29, 0.717) is 30.0 Å². The molecule has 2 aromatic rings. The fourth-order valence-electron chi connectivity index (χ4n) is 4.23. The number of anilines is 2. The Morgan fingerprint density at radius 3 is 2.52 bits per heavy atom. The van der Waals surface area contributed by atoms with Gasteiger partial charge in [0.25, 0.3) is 5.91 Å². The van der Waals surface area contributed by atoms with Crippen molar-refractivity contribution in [3.63, 3.8) is 0 Å². The molecule has 0 bridgehead atoms. The number of carbonyl (C=O) groups excluding carboxylic acids is 2. The first-order chi connectivity index (χ1) is 14.4. The molecule has 2 aliphatic heterocycles. The predicted molar refractivity (Wildman–Crippen MR) is 123 cm³/mol. The van der Waals surface area contributed by atoms with Gasteiger partial charge in [-0.15, -0.1) is 12.4 Å². The fraction of sp³-hybridized carbons (Fsp3) is 0.435. The number of rotatable bonds is 4. The number of amides is 2. The van der Waals surface area contributed by atoms with E-state index in [-0.39, 0.29) is 29.8 Å². The van der Waals surface area contributed by atoms with Crippen LogP contribution in [0.3, 0.4) is 0 Å². The third-order valence-electron chi connectivity index (χ3n) is 5.99. The van der Waals surface area contributed by atoms with E-state index in [1.165, 1.54) is 0 Å². The second kappa shape index (κ2) is 9.66. The van der Waals surface area contributed by atoms with Crippen molar-refractivity contribution in [2.45, 2.75) is 45.4 Å². The largest absolute Gasteiger partial charge is 0.427 e. The smallest absolute Gasteiger partial charge is 0.349 e. The minimum absolute atomic E-state index is 0. The van der Waals surface area contributed by atoms with Gasteiger partial charge in [-0.25, -0.2) is 4.79 Å². The van der Waals surface area contributed by atoms with Crippen molar-refractivity contribution < 1.29 is 14.0 Å². The molecule has 1 aromatic heterocycles. The molecule has 3 heterocycles. The van der Waals surface area contributed by atoms with Crippen LogP contribution in [0.5, 0.6) is 0 Å². The maximum atomic E-state index is 12.9. The first-order valence-electron chi connectivity index (χ1n) is 10.5. The second-order valence-corrected chi connectivity index (χ2v) is 8.12. The number of piperidine rings is 1. The minimum atomic E-state index is -0.607. The highest BCUT2D eigenvalue weighted by molar-refractivity contribution is 6.06. The molecule has 2 amide bonds. The first-order valence-corrected chi connectivity index (χ1v) is 10.5. The topological polar surface area (TPSA) is 91.7 Å². The van der Waals surface area contributed by atoms with E-state index in [2.05, 4.69) is 10.6 Å². The summed E-state index contributed by atoms with van der Waals surface area (Å²) in [4.78, 5) is 39.3.